The van der Waals surface area contributed by atoms with Gasteiger partial charge in [-0.05, 0) is 60.9 Å². The maximum absolute atomic E-state index is 11.4. The molecule has 0 aliphatic rings. The molecule has 0 aromatic heterocycles. The van der Waals surface area contributed by atoms with Crippen LogP contribution in [0.5, 0.6) is 5.75 Å². The van der Waals surface area contributed by atoms with Crippen LogP contribution in [0, 0.1) is 25.7 Å². The Hall–Kier alpha value is -2.73. The smallest absolute Gasteiger partial charge is 0.309 e. The third-order valence-electron chi connectivity index (χ3n) is 3.65. The number of rotatable bonds is 3. The van der Waals surface area contributed by atoms with Gasteiger partial charge in [0.1, 0.15) is 5.75 Å². The van der Waals surface area contributed by atoms with Crippen LogP contribution in [0.25, 0.3) is 0 Å². The molecule has 0 N–H and O–H groups in total. The molecule has 0 radical (unpaired) electrons. The molecule has 0 amide bonds. The molecule has 23 heavy (non-hydrogen) atoms. The number of carbonyl (C=O) groups is 1. The van der Waals surface area contributed by atoms with Crippen molar-refractivity contribution in [2.45, 2.75) is 20.3 Å². The highest BCUT2D eigenvalue weighted by molar-refractivity contribution is 5.73. The van der Waals surface area contributed by atoms with Crippen molar-refractivity contribution in [2.75, 3.05) is 14.2 Å². The summed E-state index contributed by atoms with van der Waals surface area (Å²) in [4.78, 5) is 11.4. The highest BCUT2D eigenvalue weighted by atomic mass is 16.5. The van der Waals surface area contributed by atoms with Crippen molar-refractivity contribution in [3.8, 4) is 17.6 Å². The molecule has 0 unspecified atom stereocenters. The molecule has 118 valence electrons. The van der Waals surface area contributed by atoms with E-state index >= 15 is 0 Å². The fourth-order valence-electron chi connectivity index (χ4n) is 2.30. The minimum atomic E-state index is -0.236. The monoisotopic (exact) mass is 308 g/mol. The van der Waals surface area contributed by atoms with Crippen LogP contribution in [0.1, 0.15) is 27.8 Å². The summed E-state index contributed by atoms with van der Waals surface area (Å²) in [5.74, 6) is 6.93. The number of aryl methyl sites for hydroxylation is 2. The van der Waals surface area contributed by atoms with E-state index in [1.54, 1.807) is 7.11 Å². The zero-order chi connectivity index (χ0) is 16.8. The highest BCUT2D eigenvalue weighted by Gasteiger charge is 2.05. The third kappa shape index (κ3) is 4.37. The van der Waals surface area contributed by atoms with Crippen LogP contribution in [0.2, 0.25) is 0 Å². The fourth-order valence-corrected chi connectivity index (χ4v) is 2.30. The average molecular weight is 308 g/mol. The maximum atomic E-state index is 11.4. The van der Waals surface area contributed by atoms with E-state index in [-0.39, 0.29) is 12.4 Å². The summed E-state index contributed by atoms with van der Waals surface area (Å²) in [7, 11) is 3.06. The van der Waals surface area contributed by atoms with Crippen molar-refractivity contribution in [3.05, 3.63) is 64.2 Å². The first kappa shape index (κ1) is 16.6. The molecule has 2 aromatic rings. The molecular formula is C20H20O3. The van der Waals surface area contributed by atoms with Crippen molar-refractivity contribution >= 4 is 5.97 Å². The molecule has 3 heteroatoms. The normalized spacial score (nSPS) is 9.74. The second kappa shape index (κ2) is 7.51. The molecule has 0 aliphatic heterocycles. The summed E-state index contributed by atoms with van der Waals surface area (Å²) in [6.45, 7) is 3.97. The Balaban J connectivity index is 2.20. The summed E-state index contributed by atoms with van der Waals surface area (Å²) in [5.41, 5.74) is 4.92. The lowest BCUT2D eigenvalue weighted by atomic mass is 10.0. The number of esters is 1. The Morgan fingerprint density at radius 1 is 0.957 bits per heavy atom. The van der Waals surface area contributed by atoms with Crippen LogP contribution in [0.3, 0.4) is 0 Å². The second-order valence-corrected chi connectivity index (χ2v) is 5.33. The predicted octanol–water partition coefficient (Wildman–Crippen LogP) is 3.43. The first-order valence-electron chi connectivity index (χ1n) is 7.36. The maximum Gasteiger partial charge on any atom is 0.309 e. The Morgan fingerprint density at radius 2 is 1.57 bits per heavy atom. The van der Waals surface area contributed by atoms with Gasteiger partial charge in [0.05, 0.1) is 20.6 Å². The number of hydrogen-bond acceptors (Lipinski definition) is 3. The van der Waals surface area contributed by atoms with Gasteiger partial charge in [-0.2, -0.15) is 0 Å². The van der Waals surface area contributed by atoms with E-state index in [2.05, 4.69) is 11.8 Å². The number of carbonyl (C=O) groups excluding carboxylic acids is 1. The van der Waals surface area contributed by atoms with E-state index in [4.69, 9.17) is 9.47 Å². The molecule has 2 rings (SSSR count). The SMILES string of the molecule is COC(=O)Cc1ccc(C#Cc2ccc(OC)c(C)c2)cc1C. The molecule has 0 atom stereocenters. The molecule has 0 heterocycles. The van der Waals surface area contributed by atoms with E-state index in [1.807, 2.05) is 50.2 Å². The third-order valence-corrected chi connectivity index (χ3v) is 3.65. The molecule has 0 spiro atoms. The molecule has 0 saturated heterocycles. The van der Waals surface area contributed by atoms with Gasteiger partial charge in [-0.3, -0.25) is 4.79 Å². The summed E-state index contributed by atoms with van der Waals surface area (Å²) >= 11 is 0. The van der Waals surface area contributed by atoms with Gasteiger partial charge >= 0.3 is 5.97 Å². The number of hydrogen-bond donors (Lipinski definition) is 0. The van der Waals surface area contributed by atoms with E-state index in [1.165, 1.54) is 7.11 Å². The number of methoxy groups -OCH3 is 2. The standard InChI is InChI=1S/C20H20O3/c1-14-11-16(7-9-18(14)13-20(21)23-4)5-6-17-8-10-19(22-3)15(2)12-17/h7-12H,13H2,1-4H3. The van der Waals surface area contributed by atoms with Gasteiger partial charge in [0.2, 0.25) is 0 Å². The van der Waals surface area contributed by atoms with Crippen molar-refractivity contribution in [3.63, 3.8) is 0 Å². The fraction of sp³-hybridized carbons (Fsp3) is 0.250. The minimum Gasteiger partial charge on any atom is -0.496 e. The van der Waals surface area contributed by atoms with Gasteiger partial charge in [-0.15, -0.1) is 0 Å². The van der Waals surface area contributed by atoms with Gasteiger partial charge in [-0.25, -0.2) is 0 Å². The van der Waals surface area contributed by atoms with Gasteiger partial charge in [0.25, 0.3) is 0 Å². The zero-order valence-electron chi connectivity index (χ0n) is 13.9. The highest BCUT2D eigenvalue weighted by Crippen LogP contribution is 2.18. The molecule has 3 nitrogen and oxygen atoms in total. The van der Waals surface area contributed by atoms with Crippen molar-refractivity contribution in [2.24, 2.45) is 0 Å². The van der Waals surface area contributed by atoms with Gasteiger partial charge < -0.3 is 9.47 Å². The summed E-state index contributed by atoms with van der Waals surface area (Å²) in [6.07, 6.45) is 0.285. The lowest BCUT2D eigenvalue weighted by molar-refractivity contribution is -0.139. The first-order valence-corrected chi connectivity index (χ1v) is 7.36. The van der Waals surface area contributed by atoms with Crippen LogP contribution >= 0.6 is 0 Å². The largest absolute Gasteiger partial charge is 0.496 e. The van der Waals surface area contributed by atoms with Crippen molar-refractivity contribution in [1.82, 2.24) is 0 Å². The zero-order valence-corrected chi connectivity index (χ0v) is 13.9. The molecular weight excluding hydrogens is 288 g/mol. The first-order chi connectivity index (χ1) is 11.0. The van der Waals surface area contributed by atoms with Crippen LogP contribution in [-0.4, -0.2) is 20.2 Å². The minimum absolute atomic E-state index is 0.236. The average Bonchev–Trinajstić information content (AvgIpc) is 2.55. The number of benzene rings is 2. The molecule has 0 saturated carbocycles. The van der Waals surface area contributed by atoms with Crippen LogP contribution < -0.4 is 4.74 Å². The van der Waals surface area contributed by atoms with Crippen molar-refractivity contribution < 1.29 is 14.3 Å². The Labute approximate surface area is 137 Å². The van der Waals surface area contributed by atoms with E-state index in [0.29, 0.717) is 0 Å². The predicted molar refractivity (Wildman–Crippen MR) is 90.6 cm³/mol. The van der Waals surface area contributed by atoms with Crippen LogP contribution in [0.4, 0.5) is 0 Å². The summed E-state index contributed by atoms with van der Waals surface area (Å²) in [6, 6.07) is 11.7. The molecule has 0 bridgehead atoms. The molecule has 0 aliphatic carbocycles. The second-order valence-electron chi connectivity index (χ2n) is 5.33. The Bertz CT molecular complexity index is 779. The topological polar surface area (TPSA) is 35.5 Å². The van der Waals surface area contributed by atoms with Crippen LogP contribution in [-0.2, 0) is 16.0 Å². The van der Waals surface area contributed by atoms with Gasteiger partial charge in [-0.1, -0.05) is 17.9 Å². The quantitative estimate of drug-likeness (QED) is 0.644. The van der Waals surface area contributed by atoms with Gasteiger partial charge in [0.15, 0.2) is 0 Å². The van der Waals surface area contributed by atoms with Crippen molar-refractivity contribution in [1.29, 1.82) is 0 Å². The van der Waals surface area contributed by atoms with Gasteiger partial charge in [0, 0.05) is 11.1 Å². The lowest BCUT2D eigenvalue weighted by Crippen LogP contribution is -2.05. The number of ether oxygens (including phenoxy) is 2. The van der Waals surface area contributed by atoms with E-state index in [9.17, 15) is 4.79 Å². The molecule has 0 fully saturated rings. The van der Waals surface area contributed by atoms with Crippen LogP contribution in [0.15, 0.2) is 36.4 Å². The summed E-state index contributed by atoms with van der Waals surface area (Å²) < 4.78 is 9.94. The van der Waals surface area contributed by atoms with E-state index < -0.39 is 0 Å². The van der Waals surface area contributed by atoms with E-state index in [0.717, 1.165) is 33.6 Å². The Kier molecular flexibility index (Phi) is 5.43. The lowest BCUT2D eigenvalue weighted by Gasteiger charge is -2.05. The Morgan fingerprint density at radius 3 is 2.09 bits per heavy atom. The molecule has 2 aromatic carbocycles. The summed E-state index contributed by atoms with van der Waals surface area (Å²) in [5, 5.41) is 0.